The van der Waals surface area contributed by atoms with Crippen molar-refractivity contribution < 1.29 is 14.3 Å². The predicted octanol–water partition coefficient (Wildman–Crippen LogP) is 2.80. The highest BCUT2D eigenvalue weighted by Gasteiger charge is 2.10. The molecule has 1 aromatic heterocycles. The van der Waals surface area contributed by atoms with Crippen molar-refractivity contribution in [3.63, 3.8) is 0 Å². The van der Waals surface area contributed by atoms with Crippen LogP contribution in [0.25, 0.3) is 10.2 Å². The summed E-state index contributed by atoms with van der Waals surface area (Å²) in [6, 6.07) is 6.08. The Morgan fingerprint density at radius 1 is 1.32 bits per heavy atom. The van der Waals surface area contributed by atoms with E-state index in [-0.39, 0.29) is 18.3 Å². The van der Waals surface area contributed by atoms with E-state index in [0.29, 0.717) is 17.8 Å². The van der Waals surface area contributed by atoms with Gasteiger partial charge in [-0.2, -0.15) is 4.99 Å². The van der Waals surface area contributed by atoms with E-state index in [2.05, 4.69) is 11.1 Å². The fraction of sp³-hybridized carbons (Fsp3) is 0.438. The molecule has 0 aliphatic heterocycles. The number of fused-ring (bicyclic) bond motifs is 1. The van der Waals surface area contributed by atoms with Gasteiger partial charge < -0.3 is 9.30 Å². The average molecular weight is 320 g/mol. The number of rotatable bonds is 5. The third kappa shape index (κ3) is 3.82. The molecule has 5 nitrogen and oxygen atoms in total. The maximum absolute atomic E-state index is 11.8. The number of aryl methyl sites for hydroxylation is 2. The number of hydrogen-bond donors (Lipinski definition) is 0. The summed E-state index contributed by atoms with van der Waals surface area (Å²) in [4.78, 5) is 28.1. The van der Waals surface area contributed by atoms with Crippen LogP contribution in [0.4, 0.5) is 0 Å². The lowest BCUT2D eigenvalue weighted by Gasteiger charge is -2.04. The zero-order valence-corrected chi connectivity index (χ0v) is 13.9. The van der Waals surface area contributed by atoms with E-state index >= 15 is 0 Å². The molecular formula is C16H20N2O3S. The van der Waals surface area contributed by atoms with Crippen LogP contribution in [0.1, 0.15) is 31.7 Å². The predicted molar refractivity (Wildman–Crippen MR) is 86.7 cm³/mol. The monoisotopic (exact) mass is 320 g/mol. The Balaban J connectivity index is 2.48. The van der Waals surface area contributed by atoms with Gasteiger partial charge in [-0.05, 0) is 31.0 Å². The fourth-order valence-corrected chi connectivity index (χ4v) is 3.34. The molecular weight excluding hydrogens is 300 g/mol. The van der Waals surface area contributed by atoms with Gasteiger partial charge in [-0.25, -0.2) is 0 Å². The van der Waals surface area contributed by atoms with Gasteiger partial charge in [-0.3, -0.25) is 9.59 Å². The molecule has 0 aliphatic carbocycles. The second-order valence-corrected chi connectivity index (χ2v) is 6.10. The molecule has 0 radical (unpaired) electrons. The van der Waals surface area contributed by atoms with Crippen LogP contribution in [0.5, 0.6) is 0 Å². The Morgan fingerprint density at radius 2 is 2.09 bits per heavy atom. The van der Waals surface area contributed by atoms with E-state index in [1.54, 1.807) is 0 Å². The zero-order valence-electron chi connectivity index (χ0n) is 13.1. The maximum Gasteiger partial charge on any atom is 0.307 e. The first kappa shape index (κ1) is 16.4. The average Bonchev–Trinajstić information content (AvgIpc) is 2.81. The van der Waals surface area contributed by atoms with Gasteiger partial charge in [0.1, 0.15) is 0 Å². The molecule has 2 rings (SSSR count). The highest BCUT2D eigenvalue weighted by molar-refractivity contribution is 7.16. The van der Waals surface area contributed by atoms with Crippen LogP contribution in [0.2, 0.25) is 0 Å². The highest BCUT2D eigenvalue weighted by Crippen LogP contribution is 2.19. The Bertz CT molecular complexity index is 758. The maximum atomic E-state index is 11.8. The van der Waals surface area contributed by atoms with Crippen LogP contribution >= 0.6 is 11.3 Å². The van der Waals surface area contributed by atoms with Crippen molar-refractivity contribution in [1.82, 2.24) is 4.57 Å². The van der Waals surface area contributed by atoms with E-state index in [0.717, 1.165) is 22.2 Å². The summed E-state index contributed by atoms with van der Waals surface area (Å²) in [5.74, 6) is -0.401. The molecule has 1 heterocycles. The van der Waals surface area contributed by atoms with Crippen molar-refractivity contribution in [2.24, 2.45) is 4.99 Å². The molecule has 1 amide bonds. The Hall–Kier alpha value is -1.95. The van der Waals surface area contributed by atoms with E-state index in [1.165, 1.54) is 18.4 Å². The SMILES string of the molecule is CCCC(=O)N=c1sc2cc(C)ccc2n1CCC(=O)OC. The second kappa shape index (κ2) is 7.35. The summed E-state index contributed by atoms with van der Waals surface area (Å²) in [6.07, 6.45) is 1.46. The third-order valence-corrected chi connectivity index (χ3v) is 4.33. The van der Waals surface area contributed by atoms with Gasteiger partial charge >= 0.3 is 5.97 Å². The molecule has 6 heteroatoms. The van der Waals surface area contributed by atoms with Crippen LogP contribution in [-0.4, -0.2) is 23.6 Å². The van der Waals surface area contributed by atoms with Gasteiger partial charge in [0.25, 0.3) is 0 Å². The number of carbonyl (C=O) groups is 2. The lowest BCUT2D eigenvalue weighted by atomic mass is 10.2. The first-order valence-corrected chi connectivity index (χ1v) is 8.11. The largest absolute Gasteiger partial charge is 0.469 e. The van der Waals surface area contributed by atoms with Gasteiger partial charge in [-0.15, -0.1) is 0 Å². The normalized spacial score (nSPS) is 11.9. The van der Waals surface area contributed by atoms with Crippen LogP contribution < -0.4 is 4.80 Å². The first-order valence-electron chi connectivity index (χ1n) is 7.29. The summed E-state index contributed by atoms with van der Waals surface area (Å²) in [7, 11) is 1.37. The molecule has 0 saturated heterocycles. The summed E-state index contributed by atoms with van der Waals surface area (Å²) < 4.78 is 7.68. The quantitative estimate of drug-likeness (QED) is 0.796. The van der Waals surface area contributed by atoms with Gasteiger partial charge in [0.05, 0.1) is 23.7 Å². The minimum absolute atomic E-state index is 0.127. The van der Waals surface area contributed by atoms with E-state index < -0.39 is 0 Å². The van der Waals surface area contributed by atoms with Crippen LogP contribution in [0.3, 0.4) is 0 Å². The van der Waals surface area contributed by atoms with Gasteiger partial charge in [0.15, 0.2) is 4.80 Å². The molecule has 0 atom stereocenters. The van der Waals surface area contributed by atoms with Crippen molar-refractivity contribution in [3.05, 3.63) is 28.6 Å². The summed E-state index contributed by atoms with van der Waals surface area (Å²) in [5.41, 5.74) is 2.14. The van der Waals surface area contributed by atoms with Crippen molar-refractivity contribution in [3.8, 4) is 0 Å². The van der Waals surface area contributed by atoms with Crippen LogP contribution in [0, 0.1) is 6.92 Å². The number of nitrogens with zero attached hydrogens (tertiary/aromatic N) is 2. The molecule has 2 aromatic rings. The Morgan fingerprint density at radius 3 is 2.77 bits per heavy atom. The number of benzene rings is 1. The molecule has 0 aliphatic rings. The van der Waals surface area contributed by atoms with Crippen molar-refractivity contribution >= 4 is 33.4 Å². The summed E-state index contributed by atoms with van der Waals surface area (Å²) in [6.45, 7) is 4.43. The summed E-state index contributed by atoms with van der Waals surface area (Å²) >= 11 is 1.47. The number of hydrogen-bond acceptors (Lipinski definition) is 4. The van der Waals surface area contributed by atoms with E-state index in [9.17, 15) is 9.59 Å². The van der Waals surface area contributed by atoms with Crippen LogP contribution in [0.15, 0.2) is 23.2 Å². The number of methoxy groups -OCH3 is 1. The van der Waals surface area contributed by atoms with Crippen molar-refractivity contribution in [2.45, 2.75) is 39.7 Å². The molecule has 0 bridgehead atoms. The molecule has 118 valence electrons. The van der Waals surface area contributed by atoms with Crippen molar-refractivity contribution in [2.75, 3.05) is 7.11 Å². The molecule has 0 saturated carbocycles. The second-order valence-electron chi connectivity index (χ2n) is 5.09. The number of aromatic nitrogens is 1. The van der Waals surface area contributed by atoms with Gasteiger partial charge in [-0.1, -0.05) is 24.3 Å². The number of amides is 1. The van der Waals surface area contributed by atoms with Gasteiger partial charge in [0.2, 0.25) is 5.91 Å². The summed E-state index contributed by atoms with van der Waals surface area (Å²) in [5, 5.41) is 0. The topological polar surface area (TPSA) is 60.7 Å². The van der Waals surface area contributed by atoms with Crippen molar-refractivity contribution in [1.29, 1.82) is 0 Å². The molecule has 22 heavy (non-hydrogen) atoms. The highest BCUT2D eigenvalue weighted by atomic mass is 32.1. The van der Waals surface area contributed by atoms with E-state index in [4.69, 9.17) is 4.74 Å². The smallest absolute Gasteiger partial charge is 0.307 e. The minimum Gasteiger partial charge on any atom is -0.469 e. The number of thiazole rings is 1. The molecule has 1 aromatic carbocycles. The molecule has 0 N–H and O–H groups in total. The van der Waals surface area contributed by atoms with Gasteiger partial charge in [0, 0.05) is 13.0 Å². The number of carbonyl (C=O) groups excluding carboxylic acids is 2. The molecule has 0 fully saturated rings. The minimum atomic E-state index is -0.273. The van der Waals surface area contributed by atoms with Crippen LogP contribution in [-0.2, 0) is 20.9 Å². The number of ether oxygens (including phenoxy) is 1. The standard InChI is InChI=1S/C16H20N2O3S/c1-4-5-14(19)17-16-18(9-8-15(20)21-3)12-7-6-11(2)10-13(12)22-16/h6-7,10H,4-5,8-9H2,1-3H3. The Kier molecular flexibility index (Phi) is 5.49. The third-order valence-electron chi connectivity index (χ3n) is 3.29. The zero-order chi connectivity index (χ0) is 16.1. The van der Waals surface area contributed by atoms with E-state index in [1.807, 2.05) is 30.5 Å². The molecule has 0 spiro atoms. The first-order chi connectivity index (χ1) is 10.5. The molecule has 0 unspecified atom stereocenters. The Labute approximate surface area is 133 Å². The fourth-order valence-electron chi connectivity index (χ4n) is 2.16. The lowest BCUT2D eigenvalue weighted by molar-refractivity contribution is -0.140. The number of esters is 1. The lowest BCUT2D eigenvalue weighted by Crippen LogP contribution is -2.19.